The normalized spacial score (nSPS) is 19.0. The molecular formula is C23H25F3N6O4S. The van der Waals surface area contributed by atoms with Crippen molar-refractivity contribution in [2.45, 2.75) is 37.9 Å². The maximum Gasteiger partial charge on any atom is 0.413 e. The number of aryl methyl sites for hydroxylation is 1. The highest BCUT2D eigenvalue weighted by molar-refractivity contribution is 7.91. The first-order chi connectivity index (χ1) is 17.4. The molecule has 198 valence electrons. The maximum atomic E-state index is 14.1. The second-order valence-corrected chi connectivity index (χ2v) is 11.7. The summed E-state index contributed by atoms with van der Waals surface area (Å²) < 4.78 is 67.4. The molecule has 0 radical (unpaired) electrons. The lowest BCUT2D eigenvalue weighted by Gasteiger charge is -2.34. The SMILES string of the molecule is CN(C(=O)C1CCS(=O)(=O)CC1)[C@@H](c1ccc(N2CCCc3c2cnc2cc(=O)[nH]n32)nc1)C(F)(F)F. The van der Waals surface area contributed by atoms with Crippen LogP contribution in [0.2, 0.25) is 0 Å². The lowest BCUT2D eigenvalue weighted by molar-refractivity contribution is -0.190. The van der Waals surface area contributed by atoms with E-state index in [2.05, 4.69) is 15.1 Å². The van der Waals surface area contributed by atoms with E-state index in [0.29, 0.717) is 35.0 Å². The summed E-state index contributed by atoms with van der Waals surface area (Å²) in [4.78, 5) is 35.7. The molecule has 10 nitrogen and oxygen atoms in total. The number of H-pyrrole nitrogens is 1. The average molecular weight is 539 g/mol. The van der Waals surface area contributed by atoms with Crippen LogP contribution in [0.25, 0.3) is 5.65 Å². The number of hydrogen-bond acceptors (Lipinski definition) is 7. The van der Waals surface area contributed by atoms with E-state index in [1.807, 2.05) is 4.90 Å². The zero-order valence-electron chi connectivity index (χ0n) is 19.9. The molecule has 0 spiro atoms. The zero-order valence-corrected chi connectivity index (χ0v) is 20.7. The highest BCUT2D eigenvalue weighted by atomic mass is 32.2. The molecule has 0 saturated carbocycles. The number of hydrogen-bond donors (Lipinski definition) is 1. The number of carbonyl (C=O) groups is 1. The van der Waals surface area contributed by atoms with Crippen LogP contribution < -0.4 is 10.5 Å². The Hall–Kier alpha value is -3.42. The third kappa shape index (κ3) is 4.81. The molecule has 1 fully saturated rings. The molecule has 37 heavy (non-hydrogen) atoms. The van der Waals surface area contributed by atoms with Crippen LogP contribution in [0.3, 0.4) is 0 Å². The topological polar surface area (TPSA) is 121 Å². The Morgan fingerprint density at radius 2 is 1.92 bits per heavy atom. The molecule has 3 aromatic heterocycles. The van der Waals surface area contributed by atoms with Gasteiger partial charge in [0.1, 0.15) is 15.7 Å². The van der Waals surface area contributed by atoms with Crippen molar-refractivity contribution >= 4 is 32.9 Å². The Morgan fingerprint density at radius 1 is 1.19 bits per heavy atom. The summed E-state index contributed by atoms with van der Waals surface area (Å²) in [6, 6.07) is 1.93. The molecule has 0 aliphatic carbocycles. The van der Waals surface area contributed by atoms with E-state index in [-0.39, 0.29) is 35.5 Å². The van der Waals surface area contributed by atoms with Crippen LogP contribution >= 0.6 is 0 Å². The molecule has 5 rings (SSSR count). The lowest BCUT2D eigenvalue weighted by Crippen LogP contribution is -2.44. The van der Waals surface area contributed by atoms with E-state index >= 15 is 0 Å². The van der Waals surface area contributed by atoms with E-state index < -0.39 is 33.9 Å². The number of fused-ring (bicyclic) bond motifs is 3. The van der Waals surface area contributed by atoms with Gasteiger partial charge in [0, 0.05) is 37.3 Å². The minimum absolute atomic E-state index is 0.00953. The van der Waals surface area contributed by atoms with Crippen molar-refractivity contribution in [3.63, 3.8) is 0 Å². The van der Waals surface area contributed by atoms with Crippen LogP contribution in [-0.4, -0.2) is 70.1 Å². The molecule has 2 aliphatic rings. The Bertz CT molecular complexity index is 1490. The van der Waals surface area contributed by atoms with Gasteiger partial charge in [0.25, 0.3) is 5.56 Å². The summed E-state index contributed by atoms with van der Waals surface area (Å²) >= 11 is 0. The van der Waals surface area contributed by atoms with Crippen molar-refractivity contribution in [2.75, 3.05) is 30.0 Å². The molecule has 1 saturated heterocycles. The third-order valence-corrected chi connectivity index (χ3v) is 8.71. The number of anilines is 2. The molecular weight excluding hydrogens is 513 g/mol. The largest absolute Gasteiger partial charge is 0.413 e. The predicted octanol–water partition coefficient (Wildman–Crippen LogP) is 2.39. The highest BCUT2D eigenvalue weighted by Crippen LogP contribution is 2.39. The van der Waals surface area contributed by atoms with Gasteiger partial charge >= 0.3 is 6.18 Å². The molecule has 14 heteroatoms. The van der Waals surface area contributed by atoms with E-state index in [4.69, 9.17) is 0 Å². The minimum Gasteiger partial charge on any atom is -0.330 e. The van der Waals surface area contributed by atoms with Crippen LogP contribution in [0.15, 0.2) is 35.4 Å². The number of carbonyl (C=O) groups excluding carboxylic acids is 1. The highest BCUT2D eigenvalue weighted by Gasteiger charge is 2.47. The van der Waals surface area contributed by atoms with Gasteiger partial charge in [-0.05, 0) is 31.7 Å². The van der Waals surface area contributed by atoms with Gasteiger partial charge in [0.15, 0.2) is 11.7 Å². The molecule has 0 aromatic carbocycles. The number of pyridine rings is 1. The van der Waals surface area contributed by atoms with E-state index in [9.17, 15) is 31.2 Å². The summed E-state index contributed by atoms with van der Waals surface area (Å²) in [5.74, 6) is -1.52. The number of alkyl halides is 3. The number of nitrogens with zero attached hydrogens (tertiary/aromatic N) is 5. The van der Waals surface area contributed by atoms with Crippen molar-refractivity contribution in [1.82, 2.24) is 24.5 Å². The van der Waals surface area contributed by atoms with Crippen LogP contribution in [0.1, 0.15) is 36.6 Å². The van der Waals surface area contributed by atoms with Crippen LogP contribution in [0, 0.1) is 5.92 Å². The fourth-order valence-corrected chi connectivity index (χ4v) is 6.62. The quantitative estimate of drug-likeness (QED) is 0.542. The Morgan fingerprint density at radius 3 is 2.57 bits per heavy atom. The van der Waals surface area contributed by atoms with Crippen molar-refractivity contribution in [1.29, 1.82) is 0 Å². The molecule has 2 aliphatic heterocycles. The fraction of sp³-hybridized carbons (Fsp3) is 0.478. The second kappa shape index (κ2) is 9.15. The van der Waals surface area contributed by atoms with Gasteiger partial charge in [0.05, 0.1) is 29.1 Å². The number of amides is 1. The van der Waals surface area contributed by atoms with Gasteiger partial charge in [-0.2, -0.15) is 13.2 Å². The van der Waals surface area contributed by atoms with Crippen LogP contribution in [-0.2, 0) is 21.1 Å². The summed E-state index contributed by atoms with van der Waals surface area (Å²) in [7, 11) is -2.16. The first-order valence-corrected chi connectivity index (χ1v) is 13.6. The summed E-state index contributed by atoms with van der Waals surface area (Å²) in [5, 5.41) is 2.71. The molecule has 3 aromatic rings. The van der Waals surface area contributed by atoms with Gasteiger partial charge in [-0.1, -0.05) is 6.07 Å². The summed E-state index contributed by atoms with van der Waals surface area (Å²) in [6.45, 7) is 0.559. The number of aromatic nitrogens is 4. The van der Waals surface area contributed by atoms with E-state index in [0.717, 1.165) is 25.4 Å². The molecule has 5 heterocycles. The number of halogens is 3. The van der Waals surface area contributed by atoms with Gasteiger partial charge in [-0.15, -0.1) is 0 Å². The lowest BCUT2D eigenvalue weighted by atomic mass is 9.98. The predicted molar refractivity (Wildman–Crippen MR) is 128 cm³/mol. The molecule has 1 amide bonds. The monoisotopic (exact) mass is 538 g/mol. The zero-order chi connectivity index (χ0) is 26.5. The van der Waals surface area contributed by atoms with Gasteiger partial charge in [-0.3, -0.25) is 14.7 Å². The van der Waals surface area contributed by atoms with Crippen LogP contribution in [0.5, 0.6) is 0 Å². The van der Waals surface area contributed by atoms with Crippen molar-refractivity contribution in [2.24, 2.45) is 5.92 Å². The minimum atomic E-state index is -4.76. The molecule has 1 N–H and O–H groups in total. The first kappa shape index (κ1) is 25.2. The number of aromatic amines is 1. The summed E-state index contributed by atoms with van der Waals surface area (Å²) in [5.41, 5.74) is 1.50. The standard InChI is InChI=1S/C23H25F3N6O4S/c1-30(22(34)14-6-9-37(35,36)10-7-14)21(23(24,25)26)15-4-5-18(27-12-15)31-8-2-3-16-17(31)13-28-19-11-20(33)29-32(16)19/h4-5,11-14,21H,2-3,6-10H2,1H3,(H,29,33)/t21-/m0/s1. The van der Waals surface area contributed by atoms with Crippen molar-refractivity contribution in [3.8, 4) is 0 Å². The maximum absolute atomic E-state index is 14.1. The van der Waals surface area contributed by atoms with E-state index in [1.165, 1.54) is 18.2 Å². The van der Waals surface area contributed by atoms with E-state index in [1.54, 1.807) is 10.7 Å². The average Bonchev–Trinajstić information content (AvgIpc) is 3.24. The summed E-state index contributed by atoms with van der Waals surface area (Å²) in [6.07, 6.45) is -0.607. The smallest absolute Gasteiger partial charge is 0.330 e. The second-order valence-electron chi connectivity index (χ2n) is 9.43. The van der Waals surface area contributed by atoms with Gasteiger partial charge in [0.2, 0.25) is 5.91 Å². The third-order valence-electron chi connectivity index (χ3n) is 6.99. The first-order valence-electron chi connectivity index (χ1n) is 11.8. The fourth-order valence-electron chi connectivity index (χ4n) is 5.13. The van der Waals surface area contributed by atoms with Gasteiger partial charge < -0.3 is 9.80 Å². The number of sulfone groups is 1. The number of rotatable bonds is 4. The molecule has 0 unspecified atom stereocenters. The Labute approximate surface area is 210 Å². The van der Waals surface area contributed by atoms with Crippen LogP contribution in [0.4, 0.5) is 24.7 Å². The van der Waals surface area contributed by atoms with Crippen molar-refractivity contribution < 1.29 is 26.4 Å². The van der Waals surface area contributed by atoms with Gasteiger partial charge in [-0.25, -0.2) is 22.9 Å². The molecule has 0 bridgehead atoms. The number of nitrogens with one attached hydrogen (secondary N) is 1. The molecule has 1 atom stereocenters. The Kier molecular flexibility index (Phi) is 6.24. The Balaban J connectivity index is 1.42. The van der Waals surface area contributed by atoms with Crippen molar-refractivity contribution in [3.05, 3.63) is 52.2 Å².